The van der Waals surface area contributed by atoms with Crippen LogP contribution in [-0.4, -0.2) is 47.9 Å². The van der Waals surface area contributed by atoms with Crippen molar-refractivity contribution in [2.45, 2.75) is 77.0 Å². The Hall–Kier alpha value is -0.295. The number of hydrogen-bond acceptors (Lipinski definition) is 4. The van der Waals surface area contributed by atoms with Crippen LogP contribution < -0.4 is 0 Å². The molecule has 1 fully saturated rings. The number of rotatable bonds is 0. The Morgan fingerprint density at radius 1 is 0.469 bits per heavy atom. The quantitative estimate of drug-likeness (QED) is 0.428. The molecule has 0 aromatic carbocycles. The van der Waals surface area contributed by atoms with Crippen molar-refractivity contribution in [3.05, 3.63) is 74.7 Å². The topological polar surface area (TPSA) is 51.6 Å². The van der Waals surface area contributed by atoms with E-state index in [9.17, 15) is 0 Å². The van der Waals surface area contributed by atoms with Crippen LogP contribution in [0.15, 0.2) is 22.3 Å². The zero-order chi connectivity index (χ0) is 20.9. The second-order valence-electron chi connectivity index (χ2n) is 8.58. The summed E-state index contributed by atoms with van der Waals surface area (Å²) in [4.78, 5) is 0. The molecule has 32 heavy (non-hydrogen) atoms. The van der Waals surface area contributed by atoms with E-state index < -0.39 is 0 Å². The molecule has 4 aliphatic rings. The van der Waals surface area contributed by atoms with Crippen LogP contribution in [-0.2, 0) is 42.5 Å². The number of nitrogens with zero attached hydrogens (tertiary/aromatic N) is 4. The Bertz CT molecular complexity index is 799. The van der Waals surface area contributed by atoms with Crippen LogP contribution in [0.1, 0.15) is 71.6 Å². The van der Waals surface area contributed by atoms with Crippen molar-refractivity contribution in [2.75, 3.05) is 0 Å². The van der Waals surface area contributed by atoms with Gasteiger partial charge in [-0.15, -0.1) is 0 Å². The average Bonchev–Trinajstić information content (AvgIpc) is 3.55. The molecule has 170 valence electrons. The molecule has 2 aromatic rings. The first-order valence-electron chi connectivity index (χ1n) is 11.6. The summed E-state index contributed by atoms with van der Waals surface area (Å²) in [6, 6.07) is 0. The Morgan fingerprint density at radius 3 is 1.19 bits per heavy atom. The fourth-order valence-corrected chi connectivity index (χ4v) is 8.15. The van der Waals surface area contributed by atoms with Crippen LogP contribution in [0.3, 0.4) is 0 Å². The van der Waals surface area contributed by atoms with Crippen LogP contribution in [0.5, 0.6) is 0 Å². The number of fused-ring (bicyclic) bond motifs is 4. The first kappa shape index (κ1) is 24.8. The Kier molecular flexibility index (Phi) is 9.63. The third kappa shape index (κ3) is 5.85. The maximum Gasteiger partial charge on any atom is 0 e. The molecule has 4 aliphatic carbocycles. The van der Waals surface area contributed by atoms with Gasteiger partial charge in [0.15, 0.2) is 0 Å². The number of aryl methyl sites for hydroxylation is 4. The normalized spacial score (nSPS) is 21.0. The van der Waals surface area contributed by atoms with E-state index in [1.54, 1.807) is 31.2 Å². The van der Waals surface area contributed by atoms with E-state index in [-0.39, 0.29) is 16.8 Å². The first-order valence-corrected chi connectivity index (χ1v) is 14.9. The molecule has 0 spiro atoms. The minimum atomic E-state index is 0. The van der Waals surface area contributed by atoms with Crippen LogP contribution in [0.25, 0.3) is 0 Å². The molecule has 0 unspecified atom stereocenters. The monoisotopic (exact) mass is 604 g/mol. The molecule has 0 bridgehead atoms. The van der Waals surface area contributed by atoms with Crippen molar-refractivity contribution in [1.29, 1.82) is 0 Å². The summed E-state index contributed by atoms with van der Waals surface area (Å²) in [6.45, 7) is 0. The zero-order valence-corrected chi connectivity index (χ0v) is 22.8. The molecule has 0 amide bonds. The van der Waals surface area contributed by atoms with Gasteiger partial charge >= 0.3 is 167 Å². The summed E-state index contributed by atoms with van der Waals surface area (Å²) in [5.74, 6) is 0. The predicted octanol–water partition coefficient (Wildman–Crippen LogP) is 4.02. The van der Waals surface area contributed by atoms with Gasteiger partial charge < -0.3 is 0 Å². The van der Waals surface area contributed by atoms with Gasteiger partial charge in [-0.1, -0.05) is 0 Å². The SMILES string of the molecule is C1CC2=C(CCCc3[se]nnc3C1)C1=C2CCCc2[se]nnc2CCC1.[CH]1[CH][CH][CH][CH]1.[Co]. The fourth-order valence-electron chi connectivity index (χ4n) is 5.12. The Morgan fingerprint density at radius 2 is 0.812 bits per heavy atom. The second-order valence-corrected chi connectivity index (χ2v) is 12.1. The second kappa shape index (κ2) is 12.4. The van der Waals surface area contributed by atoms with Crippen LogP contribution in [0, 0.1) is 32.1 Å². The van der Waals surface area contributed by atoms with E-state index in [0.717, 1.165) is 12.8 Å². The van der Waals surface area contributed by atoms with Crippen molar-refractivity contribution >= 4 is 29.5 Å². The number of hydrogen-bond donors (Lipinski definition) is 0. The van der Waals surface area contributed by atoms with E-state index in [4.69, 9.17) is 0 Å². The minimum Gasteiger partial charge on any atom is -0.0312 e. The van der Waals surface area contributed by atoms with E-state index in [1.807, 2.05) is 32.1 Å². The van der Waals surface area contributed by atoms with E-state index in [0.29, 0.717) is 29.5 Å². The van der Waals surface area contributed by atoms with Gasteiger partial charge in [-0.25, -0.2) is 0 Å². The van der Waals surface area contributed by atoms with Crippen LogP contribution in [0.4, 0.5) is 0 Å². The van der Waals surface area contributed by atoms with Gasteiger partial charge in [-0.05, 0) is 32.1 Å². The van der Waals surface area contributed by atoms with Crippen molar-refractivity contribution < 1.29 is 16.8 Å². The summed E-state index contributed by atoms with van der Waals surface area (Å²) >= 11 is 0.601. The largest absolute Gasteiger partial charge is 0.0312 e. The van der Waals surface area contributed by atoms with Gasteiger partial charge in [0.1, 0.15) is 0 Å². The summed E-state index contributed by atoms with van der Waals surface area (Å²) in [7, 11) is 0. The molecule has 0 N–H and O–H groups in total. The Balaban J connectivity index is 0.000000363. The minimum absolute atomic E-state index is 0. The maximum atomic E-state index is 4.44. The molecular formula is C25H29CoN4Se2. The number of aromatic nitrogens is 4. The summed E-state index contributed by atoms with van der Waals surface area (Å²) in [5, 5.41) is 8.88. The molecule has 0 atom stereocenters. The van der Waals surface area contributed by atoms with Crippen molar-refractivity contribution in [1.82, 2.24) is 18.4 Å². The molecule has 6 radical (unpaired) electrons. The zero-order valence-electron chi connectivity index (χ0n) is 18.3. The maximum absolute atomic E-state index is 4.44. The van der Waals surface area contributed by atoms with Gasteiger partial charge in [-0.3, -0.25) is 0 Å². The molecule has 6 rings (SSSR count). The van der Waals surface area contributed by atoms with Gasteiger partial charge in [-0.2, -0.15) is 0 Å². The predicted molar refractivity (Wildman–Crippen MR) is 125 cm³/mol. The number of allylic oxidation sites excluding steroid dienone is 4. The van der Waals surface area contributed by atoms with E-state index in [2.05, 4.69) is 18.4 Å². The molecule has 0 saturated heterocycles. The van der Waals surface area contributed by atoms with E-state index >= 15 is 0 Å². The summed E-state index contributed by atoms with van der Waals surface area (Å²) < 4.78 is 11.8. The fraction of sp³-hybridized carbons (Fsp3) is 0.480. The van der Waals surface area contributed by atoms with E-state index in [1.165, 1.54) is 75.6 Å². The molecule has 2 aromatic heterocycles. The molecule has 1 saturated carbocycles. The van der Waals surface area contributed by atoms with Crippen molar-refractivity contribution in [2.24, 2.45) is 0 Å². The van der Waals surface area contributed by atoms with Gasteiger partial charge in [0.25, 0.3) is 0 Å². The average molecular weight is 602 g/mol. The van der Waals surface area contributed by atoms with Gasteiger partial charge in [0.05, 0.1) is 0 Å². The smallest absolute Gasteiger partial charge is 0 e. The van der Waals surface area contributed by atoms with Crippen molar-refractivity contribution in [3.8, 4) is 0 Å². The Labute approximate surface area is 215 Å². The molecule has 2 heterocycles. The van der Waals surface area contributed by atoms with Crippen molar-refractivity contribution in [3.63, 3.8) is 0 Å². The standard InChI is InChI=1S/C20H24N4Se2.C5H5.Co/c1-5-13-15(7-3-11-19-17(9-1)21-23-25-19)14-6-2-10-18-20(26-24-22-18)12-4-8-16(13)14;1-2-4-5-3-1;/h1-12H2;1-5H;. The third-order valence-corrected chi connectivity index (χ3v) is 10.1. The summed E-state index contributed by atoms with van der Waals surface area (Å²) in [5.41, 5.74) is 9.65. The summed E-state index contributed by atoms with van der Waals surface area (Å²) in [6.07, 6.45) is 24.9. The molecular weight excluding hydrogens is 573 g/mol. The third-order valence-electron chi connectivity index (χ3n) is 6.62. The van der Waals surface area contributed by atoms with Crippen LogP contribution >= 0.6 is 0 Å². The molecule has 0 aliphatic heterocycles. The van der Waals surface area contributed by atoms with Gasteiger partial charge in [0.2, 0.25) is 0 Å². The van der Waals surface area contributed by atoms with Crippen LogP contribution in [0.2, 0.25) is 0 Å². The van der Waals surface area contributed by atoms with Gasteiger partial charge in [0, 0.05) is 16.8 Å². The molecule has 7 heteroatoms. The first-order chi connectivity index (χ1) is 15.4. The molecule has 4 nitrogen and oxygen atoms in total.